The number of anilines is 1. The molecule has 0 unspecified atom stereocenters. The molecule has 1 N–H and O–H groups in total. The van der Waals surface area contributed by atoms with Crippen LogP contribution >= 0.6 is 0 Å². The average Bonchev–Trinajstić information content (AvgIpc) is 2.18. The van der Waals surface area contributed by atoms with E-state index < -0.39 is 5.82 Å². The first-order valence-corrected chi connectivity index (χ1v) is 4.27. The standard InChI is InChI=1S/C11H10FNO2/c1-3-6-15-11-7-9(12)4-5-10(11)13-8(2)14/h1,4-5,7H,6H2,2H3,(H,13,14). The van der Waals surface area contributed by atoms with E-state index in [1.165, 1.54) is 25.1 Å². The third-order valence-electron chi connectivity index (χ3n) is 1.57. The van der Waals surface area contributed by atoms with Gasteiger partial charge in [0.05, 0.1) is 5.69 Å². The zero-order chi connectivity index (χ0) is 11.3. The number of nitrogens with one attached hydrogen (secondary N) is 1. The number of benzene rings is 1. The summed E-state index contributed by atoms with van der Waals surface area (Å²) in [7, 11) is 0. The highest BCUT2D eigenvalue weighted by Crippen LogP contribution is 2.25. The fraction of sp³-hybridized carbons (Fsp3) is 0.182. The number of terminal acetylenes is 1. The number of amides is 1. The molecule has 0 bridgehead atoms. The van der Waals surface area contributed by atoms with E-state index in [4.69, 9.17) is 11.2 Å². The maximum absolute atomic E-state index is 12.9. The number of hydrogen-bond acceptors (Lipinski definition) is 2. The summed E-state index contributed by atoms with van der Waals surface area (Å²) >= 11 is 0. The van der Waals surface area contributed by atoms with Crippen LogP contribution in [-0.4, -0.2) is 12.5 Å². The van der Waals surface area contributed by atoms with E-state index in [-0.39, 0.29) is 18.3 Å². The number of carbonyl (C=O) groups excluding carboxylic acids is 1. The summed E-state index contributed by atoms with van der Waals surface area (Å²) in [4.78, 5) is 10.8. The van der Waals surface area contributed by atoms with Crippen LogP contribution in [-0.2, 0) is 4.79 Å². The lowest BCUT2D eigenvalue weighted by molar-refractivity contribution is -0.114. The van der Waals surface area contributed by atoms with Gasteiger partial charge in [0.2, 0.25) is 5.91 Å². The minimum absolute atomic E-state index is 0.0238. The Morgan fingerprint density at radius 1 is 1.67 bits per heavy atom. The van der Waals surface area contributed by atoms with Crippen LogP contribution in [0, 0.1) is 18.2 Å². The van der Waals surface area contributed by atoms with Crippen molar-refractivity contribution in [2.75, 3.05) is 11.9 Å². The summed E-state index contributed by atoms with van der Waals surface area (Å²) in [6, 6.07) is 3.82. The first kappa shape index (κ1) is 11.1. The van der Waals surface area contributed by atoms with E-state index in [1.54, 1.807) is 0 Å². The molecule has 3 nitrogen and oxygen atoms in total. The minimum atomic E-state index is -0.448. The topological polar surface area (TPSA) is 38.3 Å². The third kappa shape index (κ3) is 3.31. The summed E-state index contributed by atoms with van der Waals surface area (Å²) in [6.45, 7) is 1.38. The predicted molar refractivity (Wildman–Crippen MR) is 55.0 cm³/mol. The van der Waals surface area contributed by atoms with Crippen molar-refractivity contribution < 1.29 is 13.9 Å². The van der Waals surface area contributed by atoms with E-state index in [0.29, 0.717) is 5.69 Å². The van der Waals surface area contributed by atoms with Gasteiger partial charge in [-0.2, -0.15) is 0 Å². The lowest BCUT2D eigenvalue weighted by Crippen LogP contribution is -2.08. The van der Waals surface area contributed by atoms with E-state index >= 15 is 0 Å². The predicted octanol–water partition coefficient (Wildman–Crippen LogP) is 1.80. The van der Waals surface area contributed by atoms with Crippen LogP contribution < -0.4 is 10.1 Å². The van der Waals surface area contributed by atoms with Crippen LogP contribution in [0.1, 0.15) is 6.92 Å². The minimum Gasteiger partial charge on any atom is -0.479 e. The van der Waals surface area contributed by atoms with Gasteiger partial charge in [-0.25, -0.2) is 4.39 Å². The van der Waals surface area contributed by atoms with Gasteiger partial charge in [-0.15, -0.1) is 6.42 Å². The van der Waals surface area contributed by atoms with E-state index in [2.05, 4.69) is 11.2 Å². The lowest BCUT2D eigenvalue weighted by Gasteiger charge is -2.09. The van der Waals surface area contributed by atoms with Crippen LogP contribution in [0.15, 0.2) is 18.2 Å². The summed E-state index contributed by atoms with van der Waals surface area (Å²) in [5, 5.41) is 2.51. The van der Waals surface area contributed by atoms with Gasteiger partial charge in [0.1, 0.15) is 18.2 Å². The molecule has 0 spiro atoms. The molecule has 0 aliphatic rings. The molecule has 1 aromatic carbocycles. The van der Waals surface area contributed by atoms with Crippen molar-refractivity contribution in [2.45, 2.75) is 6.92 Å². The molecule has 1 aromatic rings. The maximum Gasteiger partial charge on any atom is 0.221 e. The molecule has 0 fully saturated rings. The van der Waals surface area contributed by atoms with Crippen molar-refractivity contribution in [2.24, 2.45) is 0 Å². The Hall–Kier alpha value is -2.02. The van der Waals surface area contributed by atoms with Crippen molar-refractivity contribution in [3.63, 3.8) is 0 Å². The quantitative estimate of drug-likeness (QED) is 0.767. The van der Waals surface area contributed by atoms with Crippen LogP contribution in [0.5, 0.6) is 5.75 Å². The fourth-order valence-electron chi connectivity index (χ4n) is 1.03. The summed E-state index contributed by atoms with van der Waals surface area (Å²) in [6.07, 6.45) is 5.01. The van der Waals surface area contributed by atoms with Crippen LogP contribution in [0.3, 0.4) is 0 Å². The van der Waals surface area contributed by atoms with Crippen molar-refractivity contribution >= 4 is 11.6 Å². The second-order valence-corrected chi connectivity index (χ2v) is 2.81. The van der Waals surface area contributed by atoms with Crippen molar-refractivity contribution in [3.8, 4) is 18.1 Å². The van der Waals surface area contributed by atoms with Gasteiger partial charge < -0.3 is 10.1 Å². The van der Waals surface area contributed by atoms with Gasteiger partial charge in [0, 0.05) is 13.0 Å². The molecule has 1 amide bonds. The smallest absolute Gasteiger partial charge is 0.221 e. The summed E-state index contributed by atoms with van der Waals surface area (Å²) in [5.41, 5.74) is 0.402. The van der Waals surface area contributed by atoms with Gasteiger partial charge in [-0.05, 0) is 12.1 Å². The van der Waals surface area contributed by atoms with E-state index in [1.807, 2.05) is 0 Å². The Bertz CT molecular complexity index is 410. The van der Waals surface area contributed by atoms with Crippen molar-refractivity contribution in [1.29, 1.82) is 0 Å². The molecule has 1 rings (SSSR count). The Balaban J connectivity index is 2.93. The highest BCUT2D eigenvalue weighted by atomic mass is 19.1. The maximum atomic E-state index is 12.9. The molecule has 0 saturated heterocycles. The second kappa shape index (κ2) is 5.01. The van der Waals surface area contributed by atoms with Gasteiger partial charge in [0.15, 0.2) is 0 Å². The van der Waals surface area contributed by atoms with Crippen LogP contribution in [0.2, 0.25) is 0 Å². The zero-order valence-corrected chi connectivity index (χ0v) is 8.21. The molecule has 4 heteroatoms. The normalized spacial score (nSPS) is 9.13. The summed E-state index contributed by atoms with van der Waals surface area (Å²) in [5.74, 6) is 1.78. The second-order valence-electron chi connectivity index (χ2n) is 2.81. The molecular formula is C11H10FNO2. The SMILES string of the molecule is C#CCOc1cc(F)ccc1NC(C)=O. The van der Waals surface area contributed by atoms with Crippen molar-refractivity contribution in [3.05, 3.63) is 24.0 Å². The number of carbonyl (C=O) groups is 1. The van der Waals surface area contributed by atoms with Gasteiger partial charge in [-0.3, -0.25) is 4.79 Å². The highest BCUT2D eigenvalue weighted by Gasteiger charge is 2.06. The van der Waals surface area contributed by atoms with Gasteiger partial charge >= 0.3 is 0 Å². The number of rotatable bonds is 3. The number of hydrogen-bond donors (Lipinski definition) is 1. The Kier molecular flexibility index (Phi) is 3.69. The summed E-state index contributed by atoms with van der Waals surface area (Å²) < 4.78 is 17.9. The van der Waals surface area contributed by atoms with Crippen LogP contribution in [0.25, 0.3) is 0 Å². The highest BCUT2D eigenvalue weighted by molar-refractivity contribution is 5.90. The molecule has 0 aliphatic carbocycles. The molecule has 0 aliphatic heterocycles. The third-order valence-corrected chi connectivity index (χ3v) is 1.57. The Morgan fingerprint density at radius 3 is 3.00 bits per heavy atom. The van der Waals surface area contributed by atoms with Gasteiger partial charge in [0.25, 0.3) is 0 Å². The first-order valence-electron chi connectivity index (χ1n) is 4.27. The first-order chi connectivity index (χ1) is 7.13. The fourth-order valence-corrected chi connectivity index (χ4v) is 1.03. The molecule has 15 heavy (non-hydrogen) atoms. The zero-order valence-electron chi connectivity index (χ0n) is 8.21. The number of halogens is 1. The largest absolute Gasteiger partial charge is 0.479 e. The van der Waals surface area contributed by atoms with Gasteiger partial charge in [-0.1, -0.05) is 5.92 Å². The van der Waals surface area contributed by atoms with E-state index in [0.717, 1.165) is 0 Å². The molecule has 78 valence electrons. The van der Waals surface area contributed by atoms with Crippen molar-refractivity contribution in [1.82, 2.24) is 0 Å². The Morgan fingerprint density at radius 2 is 2.40 bits per heavy atom. The molecule has 0 heterocycles. The molecule has 0 saturated carbocycles. The average molecular weight is 207 g/mol. The monoisotopic (exact) mass is 207 g/mol. The molecule has 0 aromatic heterocycles. The molecule has 0 radical (unpaired) electrons. The lowest BCUT2D eigenvalue weighted by atomic mass is 10.3. The molecule has 0 atom stereocenters. The number of ether oxygens (including phenoxy) is 1. The Labute approximate surface area is 87.2 Å². The van der Waals surface area contributed by atoms with E-state index in [9.17, 15) is 9.18 Å². The molecular weight excluding hydrogens is 197 g/mol. The van der Waals surface area contributed by atoms with Crippen LogP contribution in [0.4, 0.5) is 10.1 Å².